The Balaban J connectivity index is 1.94. The van der Waals surface area contributed by atoms with E-state index in [1.807, 2.05) is 54.6 Å². The molecule has 0 aliphatic heterocycles. The molecule has 1 N–H and O–H groups in total. The number of halogens is 1. The number of anilines is 1. The number of nitrogens with one attached hydrogen (secondary N) is 1. The van der Waals surface area contributed by atoms with E-state index in [9.17, 15) is 4.79 Å². The number of rotatable bonds is 3. The zero-order valence-electron chi connectivity index (χ0n) is 11.0. The lowest BCUT2D eigenvalue weighted by molar-refractivity contribution is 0.102. The fourth-order valence-electron chi connectivity index (χ4n) is 2.11. The molecule has 0 unspecified atom stereocenters. The Morgan fingerprint density at radius 3 is 2.38 bits per heavy atom. The normalized spacial score (nSPS) is 10.3. The van der Waals surface area contributed by atoms with Gasteiger partial charge in [-0.2, -0.15) is 0 Å². The van der Waals surface area contributed by atoms with Gasteiger partial charge in [0.1, 0.15) is 0 Å². The Labute approximate surface area is 127 Å². The number of hydrogen-bond acceptors (Lipinski definition) is 2. The fourth-order valence-corrected chi connectivity index (χ4v) is 2.31. The second-order valence-electron chi connectivity index (χ2n) is 4.47. The highest BCUT2D eigenvalue weighted by atomic mass is 35.5. The second kappa shape index (κ2) is 5.85. The molecule has 0 radical (unpaired) electrons. The van der Waals surface area contributed by atoms with Crippen molar-refractivity contribution in [3.05, 3.63) is 77.7 Å². The maximum absolute atomic E-state index is 12.2. The molecule has 4 heteroatoms. The summed E-state index contributed by atoms with van der Waals surface area (Å²) < 4.78 is 4.94. The zero-order valence-corrected chi connectivity index (χ0v) is 11.8. The SMILES string of the molecule is O=C(Nc1ccccc1-c1ccccc1)c1ccoc1Cl. The number of carbonyl (C=O) groups is 1. The molecule has 1 amide bonds. The van der Waals surface area contributed by atoms with Crippen molar-refractivity contribution in [1.29, 1.82) is 0 Å². The molecular formula is C17H12ClNO2. The summed E-state index contributed by atoms with van der Waals surface area (Å²) in [6.45, 7) is 0. The third-order valence-corrected chi connectivity index (χ3v) is 3.42. The maximum Gasteiger partial charge on any atom is 0.260 e. The van der Waals surface area contributed by atoms with E-state index < -0.39 is 0 Å². The minimum Gasteiger partial charge on any atom is -0.452 e. The van der Waals surface area contributed by atoms with Gasteiger partial charge in [0.2, 0.25) is 5.22 Å². The Hall–Kier alpha value is -2.52. The summed E-state index contributed by atoms with van der Waals surface area (Å²) in [5.41, 5.74) is 3.03. The first-order chi connectivity index (χ1) is 10.3. The molecule has 0 aliphatic carbocycles. The Morgan fingerprint density at radius 2 is 1.67 bits per heavy atom. The molecule has 0 saturated carbocycles. The fraction of sp³-hybridized carbons (Fsp3) is 0. The van der Waals surface area contributed by atoms with E-state index in [0.29, 0.717) is 5.56 Å². The summed E-state index contributed by atoms with van der Waals surface area (Å²) in [6, 6.07) is 19.0. The quantitative estimate of drug-likeness (QED) is 0.750. The number of amides is 1. The van der Waals surface area contributed by atoms with Crippen LogP contribution in [0.1, 0.15) is 10.4 Å². The summed E-state index contributed by atoms with van der Waals surface area (Å²) in [6.07, 6.45) is 1.39. The van der Waals surface area contributed by atoms with E-state index in [4.69, 9.17) is 16.0 Å². The summed E-state index contributed by atoms with van der Waals surface area (Å²) in [5.74, 6) is -0.294. The predicted molar refractivity (Wildman–Crippen MR) is 83.5 cm³/mol. The Bertz CT molecular complexity index is 765. The summed E-state index contributed by atoms with van der Waals surface area (Å²) in [7, 11) is 0. The monoisotopic (exact) mass is 297 g/mol. The summed E-state index contributed by atoms with van der Waals surface area (Å²) in [4.78, 5) is 12.2. The van der Waals surface area contributed by atoms with Gasteiger partial charge < -0.3 is 9.73 Å². The number of furan rings is 1. The standard InChI is InChI=1S/C17H12ClNO2/c18-16-14(10-11-21-16)17(20)19-15-9-5-4-8-13(15)12-6-2-1-3-7-12/h1-11H,(H,19,20). The molecule has 0 saturated heterocycles. The molecule has 1 heterocycles. The van der Waals surface area contributed by atoms with Gasteiger partial charge in [-0.05, 0) is 29.3 Å². The molecule has 0 aliphatic rings. The van der Waals surface area contributed by atoms with E-state index in [-0.39, 0.29) is 11.1 Å². The van der Waals surface area contributed by atoms with Crippen LogP contribution in [0.25, 0.3) is 11.1 Å². The summed E-state index contributed by atoms with van der Waals surface area (Å²) >= 11 is 5.83. The largest absolute Gasteiger partial charge is 0.452 e. The van der Waals surface area contributed by atoms with Crippen LogP contribution in [0.4, 0.5) is 5.69 Å². The van der Waals surface area contributed by atoms with Crippen molar-refractivity contribution in [2.45, 2.75) is 0 Å². The topological polar surface area (TPSA) is 42.2 Å². The Kier molecular flexibility index (Phi) is 3.75. The molecule has 104 valence electrons. The van der Waals surface area contributed by atoms with Crippen molar-refractivity contribution >= 4 is 23.2 Å². The van der Waals surface area contributed by atoms with Crippen LogP contribution >= 0.6 is 11.6 Å². The molecule has 0 atom stereocenters. The van der Waals surface area contributed by atoms with Gasteiger partial charge in [-0.3, -0.25) is 4.79 Å². The minimum atomic E-state index is -0.294. The Morgan fingerprint density at radius 1 is 0.952 bits per heavy atom. The molecule has 0 fully saturated rings. The molecule has 2 aromatic carbocycles. The molecule has 21 heavy (non-hydrogen) atoms. The van der Waals surface area contributed by atoms with Crippen molar-refractivity contribution in [3.8, 4) is 11.1 Å². The second-order valence-corrected chi connectivity index (χ2v) is 4.82. The first kappa shape index (κ1) is 13.5. The van der Waals surface area contributed by atoms with Crippen molar-refractivity contribution in [3.63, 3.8) is 0 Å². The third-order valence-electron chi connectivity index (χ3n) is 3.12. The predicted octanol–water partition coefficient (Wildman–Crippen LogP) is 4.85. The van der Waals surface area contributed by atoms with Crippen LogP contribution in [0.5, 0.6) is 0 Å². The molecular weight excluding hydrogens is 286 g/mol. The first-order valence-corrected chi connectivity index (χ1v) is 6.82. The number of carbonyl (C=O) groups excluding carboxylic acids is 1. The highest BCUT2D eigenvalue weighted by Crippen LogP contribution is 2.28. The van der Waals surface area contributed by atoms with E-state index >= 15 is 0 Å². The van der Waals surface area contributed by atoms with Gasteiger partial charge in [-0.1, -0.05) is 48.5 Å². The average Bonchev–Trinajstić information content (AvgIpc) is 2.95. The molecule has 0 bridgehead atoms. The van der Waals surface area contributed by atoms with Crippen LogP contribution in [0.2, 0.25) is 5.22 Å². The highest BCUT2D eigenvalue weighted by Gasteiger charge is 2.14. The maximum atomic E-state index is 12.2. The smallest absolute Gasteiger partial charge is 0.260 e. The first-order valence-electron chi connectivity index (χ1n) is 6.44. The molecule has 1 aromatic heterocycles. The molecule has 3 aromatic rings. The van der Waals surface area contributed by atoms with Gasteiger partial charge in [0.15, 0.2) is 0 Å². The molecule has 3 rings (SSSR count). The van der Waals surface area contributed by atoms with E-state index in [0.717, 1.165) is 16.8 Å². The van der Waals surface area contributed by atoms with Crippen LogP contribution in [0.3, 0.4) is 0 Å². The van der Waals surface area contributed by atoms with E-state index in [1.54, 1.807) is 6.07 Å². The highest BCUT2D eigenvalue weighted by molar-refractivity contribution is 6.32. The zero-order chi connectivity index (χ0) is 14.7. The number of benzene rings is 2. The van der Waals surface area contributed by atoms with Gasteiger partial charge in [0, 0.05) is 11.3 Å². The van der Waals surface area contributed by atoms with Crippen LogP contribution < -0.4 is 5.32 Å². The van der Waals surface area contributed by atoms with Gasteiger partial charge in [-0.25, -0.2) is 0 Å². The van der Waals surface area contributed by atoms with Crippen molar-refractivity contribution < 1.29 is 9.21 Å². The lowest BCUT2D eigenvalue weighted by Gasteiger charge is -2.10. The lowest BCUT2D eigenvalue weighted by atomic mass is 10.0. The van der Waals surface area contributed by atoms with Crippen molar-refractivity contribution in [2.24, 2.45) is 0 Å². The lowest BCUT2D eigenvalue weighted by Crippen LogP contribution is -2.12. The van der Waals surface area contributed by atoms with Crippen LogP contribution in [-0.2, 0) is 0 Å². The molecule has 3 nitrogen and oxygen atoms in total. The number of hydrogen-bond donors (Lipinski definition) is 1. The van der Waals surface area contributed by atoms with Crippen molar-refractivity contribution in [2.75, 3.05) is 5.32 Å². The van der Waals surface area contributed by atoms with Crippen molar-refractivity contribution in [1.82, 2.24) is 0 Å². The van der Waals surface area contributed by atoms with Crippen LogP contribution in [0.15, 0.2) is 71.3 Å². The molecule has 0 spiro atoms. The summed E-state index contributed by atoms with van der Waals surface area (Å²) in [5, 5.41) is 2.96. The van der Waals surface area contributed by atoms with Crippen LogP contribution in [-0.4, -0.2) is 5.91 Å². The van der Waals surface area contributed by atoms with Gasteiger partial charge in [-0.15, -0.1) is 0 Å². The van der Waals surface area contributed by atoms with Gasteiger partial charge >= 0.3 is 0 Å². The third kappa shape index (κ3) is 2.83. The average molecular weight is 298 g/mol. The number of para-hydroxylation sites is 1. The van der Waals surface area contributed by atoms with E-state index in [2.05, 4.69) is 5.32 Å². The van der Waals surface area contributed by atoms with Gasteiger partial charge in [0.25, 0.3) is 5.91 Å². The van der Waals surface area contributed by atoms with Gasteiger partial charge in [0.05, 0.1) is 11.8 Å². The minimum absolute atomic E-state index is 0.0877. The van der Waals surface area contributed by atoms with Crippen LogP contribution in [0, 0.1) is 0 Å². The van der Waals surface area contributed by atoms with E-state index in [1.165, 1.54) is 6.26 Å².